The van der Waals surface area contributed by atoms with Crippen LogP contribution in [0.5, 0.6) is 0 Å². The lowest BCUT2D eigenvalue weighted by atomic mass is 9.61. The van der Waals surface area contributed by atoms with E-state index in [1.54, 1.807) is 0 Å². The zero-order valence-electron chi connectivity index (χ0n) is 13.6. The highest BCUT2D eigenvalue weighted by Crippen LogP contribution is 2.44. The third-order valence-corrected chi connectivity index (χ3v) is 5.37. The molecule has 3 atom stereocenters. The fraction of sp³-hybridized carbons (Fsp3) is 0.611. The van der Waals surface area contributed by atoms with Crippen molar-refractivity contribution in [1.29, 1.82) is 0 Å². The molecular weight excluding hydrogens is 260 g/mol. The van der Waals surface area contributed by atoms with E-state index in [2.05, 4.69) is 51.2 Å². The number of carbonyl (C=O) groups excluding carboxylic acids is 1. The Bertz CT molecular complexity index is 510. The van der Waals surface area contributed by atoms with Gasteiger partial charge in [0.1, 0.15) is 0 Å². The first-order valence-electron chi connectivity index (χ1n) is 7.91. The van der Waals surface area contributed by atoms with E-state index < -0.39 is 0 Å². The number of hydrogen-bond acceptors (Lipinski definition) is 2. The van der Waals surface area contributed by atoms with E-state index in [-0.39, 0.29) is 23.3 Å². The fourth-order valence-electron chi connectivity index (χ4n) is 3.45. The minimum atomic E-state index is -0.0473. The Morgan fingerprint density at radius 2 is 2.10 bits per heavy atom. The predicted molar refractivity (Wildman–Crippen MR) is 86.7 cm³/mol. The Kier molecular flexibility index (Phi) is 4.72. The fourth-order valence-corrected chi connectivity index (χ4v) is 3.45. The molecule has 0 radical (unpaired) electrons. The SMILES string of the molecule is Cc1cccc(CNC(=O)C2CCC(N)C(C)C2(C)C)c1. The van der Waals surface area contributed by atoms with Crippen molar-refractivity contribution in [2.24, 2.45) is 23.0 Å². The number of hydrogen-bond donors (Lipinski definition) is 2. The zero-order valence-corrected chi connectivity index (χ0v) is 13.6. The summed E-state index contributed by atoms with van der Waals surface area (Å²) in [5.74, 6) is 0.582. The third-order valence-electron chi connectivity index (χ3n) is 5.37. The Morgan fingerprint density at radius 3 is 2.76 bits per heavy atom. The summed E-state index contributed by atoms with van der Waals surface area (Å²) in [6.07, 6.45) is 1.82. The van der Waals surface area contributed by atoms with Gasteiger partial charge < -0.3 is 11.1 Å². The van der Waals surface area contributed by atoms with Crippen LogP contribution in [0.15, 0.2) is 24.3 Å². The molecule has 0 spiro atoms. The van der Waals surface area contributed by atoms with E-state index in [1.165, 1.54) is 5.56 Å². The topological polar surface area (TPSA) is 55.1 Å². The Balaban J connectivity index is 2.00. The van der Waals surface area contributed by atoms with Crippen LogP contribution in [-0.4, -0.2) is 11.9 Å². The molecule has 0 bridgehead atoms. The van der Waals surface area contributed by atoms with E-state index in [0.29, 0.717) is 12.5 Å². The van der Waals surface area contributed by atoms with Gasteiger partial charge in [-0.2, -0.15) is 0 Å². The summed E-state index contributed by atoms with van der Waals surface area (Å²) in [7, 11) is 0. The molecular formula is C18H28N2O. The molecule has 3 nitrogen and oxygen atoms in total. The second-order valence-electron chi connectivity index (χ2n) is 7.11. The van der Waals surface area contributed by atoms with E-state index in [1.807, 2.05) is 6.07 Å². The summed E-state index contributed by atoms with van der Waals surface area (Å²) in [6.45, 7) is 9.19. The molecule has 3 N–H and O–H groups in total. The van der Waals surface area contributed by atoms with Crippen LogP contribution >= 0.6 is 0 Å². The van der Waals surface area contributed by atoms with Crippen LogP contribution in [-0.2, 0) is 11.3 Å². The van der Waals surface area contributed by atoms with Gasteiger partial charge in [-0.05, 0) is 36.7 Å². The van der Waals surface area contributed by atoms with Crippen LogP contribution in [0.25, 0.3) is 0 Å². The lowest BCUT2D eigenvalue weighted by Gasteiger charge is -2.46. The van der Waals surface area contributed by atoms with Gasteiger partial charge in [0.2, 0.25) is 5.91 Å². The average molecular weight is 288 g/mol. The van der Waals surface area contributed by atoms with Gasteiger partial charge in [0.25, 0.3) is 0 Å². The van der Waals surface area contributed by atoms with Crippen LogP contribution in [0.2, 0.25) is 0 Å². The van der Waals surface area contributed by atoms with Crippen LogP contribution in [0.3, 0.4) is 0 Å². The molecule has 0 saturated heterocycles. The molecule has 1 amide bonds. The smallest absolute Gasteiger partial charge is 0.223 e. The van der Waals surface area contributed by atoms with Gasteiger partial charge in [-0.3, -0.25) is 4.79 Å². The molecule has 1 aliphatic carbocycles. The molecule has 1 aromatic carbocycles. The largest absolute Gasteiger partial charge is 0.352 e. The van der Waals surface area contributed by atoms with Crippen molar-refractivity contribution in [3.05, 3.63) is 35.4 Å². The van der Waals surface area contributed by atoms with Gasteiger partial charge in [0, 0.05) is 18.5 Å². The normalized spacial score (nSPS) is 28.1. The van der Waals surface area contributed by atoms with Gasteiger partial charge in [0.05, 0.1) is 0 Å². The summed E-state index contributed by atoms with van der Waals surface area (Å²) in [5, 5.41) is 3.11. The van der Waals surface area contributed by atoms with Gasteiger partial charge in [0.15, 0.2) is 0 Å². The van der Waals surface area contributed by atoms with Crippen LogP contribution in [0, 0.1) is 24.2 Å². The molecule has 2 rings (SSSR count). The average Bonchev–Trinajstić information content (AvgIpc) is 2.42. The van der Waals surface area contributed by atoms with E-state index in [9.17, 15) is 4.79 Å². The molecule has 1 fully saturated rings. The van der Waals surface area contributed by atoms with Crippen molar-refractivity contribution in [1.82, 2.24) is 5.32 Å². The molecule has 116 valence electrons. The predicted octanol–water partition coefficient (Wildman–Crippen LogP) is 3.01. The minimum Gasteiger partial charge on any atom is -0.352 e. The Labute approximate surface area is 128 Å². The van der Waals surface area contributed by atoms with Crippen molar-refractivity contribution < 1.29 is 4.79 Å². The number of aryl methyl sites for hydroxylation is 1. The van der Waals surface area contributed by atoms with E-state index in [0.717, 1.165) is 18.4 Å². The van der Waals surface area contributed by atoms with Gasteiger partial charge >= 0.3 is 0 Å². The number of benzene rings is 1. The lowest BCUT2D eigenvalue weighted by molar-refractivity contribution is -0.132. The van der Waals surface area contributed by atoms with E-state index >= 15 is 0 Å². The lowest BCUT2D eigenvalue weighted by Crippen LogP contribution is -2.51. The molecule has 1 saturated carbocycles. The van der Waals surface area contributed by atoms with Gasteiger partial charge in [-0.15, -0.1) is 0 Å². The summed E-state index contributed by atoms with van der Waals surface area (Å²) < 4.78 is 0. The molecule has 21 heavy (non-hydrogen) atoms. The highest BCUT2D eigenvalue weighted by molar-refractivity contribution is 5.79. The van der Waals surface area contributed by atoms with Crippen LogP contribution < -0.4 is 11.1 Å². The zero-order chi connectivity index (χ0) is 15.6. The maximum absolute atomic E-state index is 12.6. The number of nitrogens with two attached hydrogens (primary N) is 1. The van der Waals surface area contributed by atoms with Crippen LogP contribution in [0.1, 0.15) is 44.7 Å². The number of carbonyl (C=O) groups is 1. The molecule has 1 aliphatic rings. The maximum Gasteiger partial charge on any atom is 0.223 e. The van der Waals surface area contributed by atoms with Gasteiger partial charge in [-0.25, -0.2) is 0 Å². The molecule has 3 unspecified atom stereocenters. The standard InChI is InChI=1S/C18H28N2O/c1-12-6-5-7-14(10-12)11-20-17(21)15-8-9-16(19)13(2)18(15,3)4/h5-7,10,13,15-16H,8-9,11,19H2,1-4H3,(H,20,21). The molecule has 0 heterocycles. The van der Waals surface area contributed by atoms with Crippen molar-refractivity contribution in [2.75, 3.05) is 0 Å². The summed E-state index contributed by atoms with van der Waals surface area (Å²) in [5.41, 5.74) is 8.49. The number of amides is 1. The van der Waals surface area contributed by atoms with Crippen molar-refractivity contribution in [3.63, 3.8) is 0 Å². The molecule has 1 aromatic rings. The Morgan fingerprint density at radius 1 is 1.38 bits per heavy atom. The highest BCUT2D eigenvalue weighted by atomic mass is 16.1. The van der Waals surface area contributed by atoms with Crippen molar-refractivity contribution in [3.8, 4) is 0 Å². The third kappa shape index (κ3) is 3.46. The Hall–Kier alpha value is -1.35. The highest BCUT2D eigenvalue weighted by Gasteiger charge is 2.44. The molecule has 0 aromatic heterocycles. The maximum atomic E-state index is 12.6. The summed E-state index contributed by atoms with van der Waals surface area (Å²) in [4.78, 5) is 12.6. The first-order chi connectivity index (χ1) is 9.82. The number of nitrogens with one attached hydrogen (secondary N) is 1. The first-order valence-corrected chi connectivity index (χ1v) is 7.91. The monoisotopic (exact) mass is 288 g/mol. The summed E-state index contributed by atoms with van der Waals surface area (Å²) >= 11 is 0. The summed E-state index contributed by atoms with van der Waals surface area (Å²) in [6, 6.07) is 8.48. The van der Waals surface area contributed by atoms with Crippen molar-refractivity contribution >= 4 is 5.91 Å². The van der Waals surface area contributed by atoms with Crippen molar-refractivity contribution in [2.45, 2.75) is 53.1 Å². The molecule has 0 aliphatic heterocycles. The first kappa shape index (κ1) is 16.0. The second kappa shape index (κ2) is 6.18. The quantitative estimate of drug-likeness (QED) is 0.898. The molecule has 3 heteroatoms. The van der Waals surface area contributed by atoms with Crippen LogP contribution in [0.4, 0.5) is 0 Å². The number of rotatable bonds is 3. The second-order valence-corrected chi connectivity index (χ2v) is 7.11. The van der Waals surface area contributed by atoms with Gasteiger partial charge in [-0.1, -0.05) is 50.6 Å². The van der Waals surface area contributed by atoms with E-state index in [4.69, 9.17) is 5.73 Å². The minimum absolute atomic E-state index is 0.0473.